The van der Waals surface area contributed by atoms with Crippen LogP contribution in [0.1, 0.15) is 11.1 Å². The number of hydrogen-bond acceptors (Lipinski definition) is 4. The molecule has 0 aliphatic carbocycles. The van der Waals surface area contributed by atoms with Crippen molar-refractivity contribution in [1.29, 1.82) is 0 Å². The molecule has 2 heterocycles. The summed E-state index contributed by atoms with van der Waals surface area (Å²) in [6.45, 7) is 1.06. The lowest BCUT2D eigenvalue weighted by atomic mass is 10.2. The molecule has 0 amide bonds. The molecular formula is C14H17FN4. The second kappa shape index (κ2) is 6.24. The Kier molecular flexibility index (Phi) is 4.41. The summed E-state index contributed by atoms with van der Waals surface area (Å²) >= 11 is 0. The fraction of sp³-hybridized carbons (Fsp3) is 0.286. The molecule has 0 aliphatic rings. The molecule has 0 radical (unpaired) electrons. The zero-order valence-corrected chi connectivity index (χ0v) is 11.1. The Morgan fingerprint density at radius 3 is 2.84 bits per heavy atom. The first-order valence-electron chi connectivity index (χ1n) is 6.10. The van der Waals surface area contributed by atoms with E-state index in [1.54, 1.807) is 36.6 Å². The van der Waals surface area contributed by atoms with Crippen LogP contribution in [0.5, 0.6) is 0 Å². The van der Waals surface area contributed by atoms with E-state index in [9.17, 15) is 4.39 Å². The van der Waals surface area contributed by atoms with Gasteiger partial charge in [0.05, 0.1) is 0 Å². The first kappa shape index (κ1) is 13.4. The van der Waals surface area contributed by atoms with Gasteiger partial charge >= 0.3 is 0 Å². The number of hydrogen-bond donors (Lipinski definition) is 1. The molecule has 1 N–H and O–H groups in total. The van der Waals surface area contributed by atoms with E-state index in [2.05, 4.69) is 15.3 Å². The Labute approximate surface area is 112 Å². The van der Waals surface area contributed by atoms with Crippen LogP contribution in [0.3, 0.4) is 0 Å². The normalized spacial score (nSPS) is 10.5. The molecule has 0 unspecified atom stereocenters. The minimum absolute atomic E-state index is 0.275. The van der Waals surface area contributed by atoms with Crippen LogP contribution in [-0.4, -0.2) is 24.1 Å². The second-order valence-electron chi connectivity index (χ2n) is 4.36. The Bertz CT molecular complexity index is 530. The lowest BCUT2D eigenvalue weighted by molar-refractivity contribution is 0.589. The first-order valence-corrected chi connectivity index (χ1v) is 6.10. The first-order chi connectivity index (χ1) is 9.22. The van der Waals surface area contributed by atoms with Crippen LogP contribution in [0.2, 0.25) is 0 Å². The topological polar surface area (TPSA) is 41.1 Å². The quantitative estimate of drug-likeness (QED) is 0.892. The minimum Gasteiger partial charge on any atom is -0.353 e. The van der Waals surface area contributed by atoms with Crippen LogP contribution in [0.4, 0.5) is 10.2 Å². The third-order valence-electron chi connectivity index (χ3n) is 2.82. The van der Waals surface area contributed by atoms with E-state index in [-0.39, 0.29) is 5.82 Å². The lowest BCUT2D eigenvalue weighted by Gasteiger charge is -2.19. The largest absolute Gasteiger partial charge is 0.353 e. The molecule has 2 aromatic rings. The Hall–Kier alpha value is -2.01. The standard InChI is InChI=1S/C14H17FN4/c1-16-9-12-5-7-18-14(13(12)15)19(2)10-11-4-3-6-17-8-11/h3-8,16H,9-10H2,1-2H3. The predicted molar refractivity (Wildman–Crippen MR) is 73.3 cm³/mol. The lowest BCUT2D eigenvalue weighted by Crippen LogP contribution is -2.20. The SMILES string of the molecule is CNCc1ccnc(N(C)Cc2cccnc2)c1F. The van der Waals surface area contributed by atoms with E-state index < -0.39 is 0 Å². The molecule has 0 aliphatic heterocycles. The number of rotatable bonds is 5. The number of aromatic nitrogens is 2. The van der Waals surface area contributed by atoms with Gasteiger partial charge in [0.1, 0.15) is 0 Å². The van der Waals surface area contributed by atoms with E-state index in [1.807, 2.05) is 19.2 Å². The van der Waals surface area contributed by atoms with Crippen molar-refractivity contribution < 1.29 is 4.39 Å². The molecule has 5 heteroatoms. The summed E-state index contributed by atoms with van der Waals surface area (Å²) in [6.07, 6.45) is 5.12. The van der Waals surface area contributed by atoms with Crippen LogP contribution in [0.15, 0.2) is 36.8 Å². The molecule has 0 saturated heterocycles. The van der Waals surface area contributed by atoms with Crippen molar-refractivity contribution in [3.05, 3.63) is 53.7 Å². The van der Waals surface area contributed by atoms with E-state index in [1.165, 1.54) is 0 Å². The number of nitrogens with zero attached hydrogens (tertiary/aromatic N) is 3. The Morgan fingerprint density at radius 1 is 1.32 bits per heavy atom. The van der Waals surface area contributed by atoms with Crippen molar-refractivity contribution in [3.8, 4) is 0 Å². The zero-order valence-electron chi connectivity index (χ0n) is 11.1. The molecule has 2 rings (SSSR count). The summed E-state index contributed by atoms with van der Waals surface area (Å²) in [5.41, 5.74) is 1.63. The van der Waals surface area contributed by atoms with Gasteiger partial charge in [-0.25, -0.2) is 9.37 Å². The van der Waals surface area contributed by atoms with Gasteiger partial charge in [-0.05, 0) is 24.7 Å². The zero-order chi connectivity index (χ0) is 13.7. The summed E-state index contributed by atoms with van der Waals surface area (Å²) in [7, 11) is 3.61. The van der Waals surface area contributed by atoms with Crippen molar-refractivity contribution in [1.82, 2.24) is 15.3 Å². The third kappa shape index (κ3) is 3.26. The number of anilines is 1. The van der Waals surface area contributed by atoms with E-state index in [4.69, 9.17) is 0 Å². The summed E-state index contributed by atoms with van der Waals surface area (Å²) in [6, 6.07) is 5.51. The summed E-state index contributed by atoms with van der Waals surface area (Å²) < 4.78 is 14.3. The van der Waals surface area contributed by atoms with Gasteiger partial charge in [0.15, 0.2) is 11.6 Å². The highest BCUT2D eigenvalue weighted by molar-refractivity contribution is 5.42. The molecule has 4 nitrogen and oxygen atoms in total. The molecule has 2 aromatic heterocycles. The number of halogens is 1. The molecule has 0 bridgehead atoms. The second-order valence-corrected chi connectivity index (χ2v) is 4.36. The third-order valence-corrected chi connectivity index (χ3v) is 2.82. The Morgan fingerprint density at radius 2 is 2.16 bits per heavy atom. The van der Waals surface area contributed by atoms with Gasteiger partial charge < -0.3 is 10.2 Å². The van der Waals surface area contributed by atoms with E-state index in [0.717, 1.165) is 5.56 Å². The van der Waals surface area contributed by atoms with Crippen molar-refractivity contribution in [2.24, 2.45) is 0 Å². The van der Waals surface area contributed by atoms with Crippen molar-refractivity contribution >= 4 is 5.82 Å². The highest BCUT2D eigenvalue weighted by Crippen LogP contribution is 2.19. The molecule has 0 spiro atoms. The number of pyridine rings is 2. The van der Waals surface area contributed by atoms with Crippen molar-refractivity contribution in [3.63, 3.8) is 0 Å². The van der Waals surface area contributed by atoms with Crippen LogP contribution < -0.4 is 10.2 Å². The van der Waals surface area contributed by atoms with Gasteiger partial charge in [-0.15, -0.1) is 0 Å². The summed E-state index contributed by atoms with van der Waals surface area (Å²) in [5, 5.41) is 2.94. The smallest absolute Gasteiger partial charge is 0.170 e. The average Bonchev–Trinajstić information content (AvgIpc) is 2.42. The Balaban J connectivity index is 2.19. The molecule has 19 heavy (non-hydrogen) atoms. The predicted octanol–water partition coefficient (Wildman–Crippen LogP) is 1.97. The summed E-state index contributed by atoms with van der Waals surface area (Å²) in [4.78, 5) is 9.95. The maximum Gasteiger partial charge on any atom is 0.170 e. The molecule has 0 atom stereocenters. The average molecular weight is 260 g/mol. The van der Waals surface area contributed by atoms with Crippen LogP contribution >= 0.6 is 0 Å². The monoisotopic (exact) mass is 260 g/mol. The van der Waals surface area contributed by atoms with Crippen molar-refractivity contribution in [2.45, 2.75) is 13.1 Å². The molecular weight excluding hydrogens is 243 g/mol. The van der Waals surface area contributed by atoms with E-state index in [0.29, 0.717) is 24.5 Å². The number of nitrogens with one attached hydrogen (secondary N) is 1. The van der Waals surface area contributed by atoms with Crippen LogP contribution in [-0.2, 0) is 13.1 Å². The van der Waals surface area contributed by atoms with Gasteiger partial charge in [-0.2, -0.15) is 0 Å². The minimum atomic E-state index is -0.275. The molecule has 0 saturated carbocycles. The van der Waals surface area contributed by atoms with Gasteiger partial charge in [0, 0.05) is 44.3 Å². The fourth-order valence-electron chi connectivity index (χ4n) is 1.90. The van der Waals surface area contributed by atoms with Gasteiger partial charge in [0.25, 0.3) is 0 Å². The van der Waals surface area contributed by atoms with E-state index >= 15 is 0 Å². The van der Waals surface area contributed by atoms with Gasteiger partial charge in [0.2, 0.25) is 0 Å². The highest BCUT2D eigenvalue weighted by atomic mass is 19.1. The maximum absolute atomic E-state index is 14.3. The fourth-order valence-corrected chi connectivity index (χ4v) is 1.90. The highest BCUT2D eigenvalue weighted by Gasteiger charge is 2.13. The van der Waals surface area contributed by atoms with Gasteiger partial charge in [-0.3, -0.25) is 4.98 Å². The molecule has 0 aromatic carbocycles. The molecule has 100 valence electrons. The molecule has 0 fully saturated rings. The van der Waals surface area contributed by atoms with Crippen LogP contribution in [0, 0.1) is 5.82 Å². The summed E-state index contributed by atoms with van der Waals surface area (Å²) in [5.74, 6) is 0.0832. The maximum atomic E-state index is 14.3. The van der Waals surface area contributed by atoms with Gasteiger partial charge in [-0.1, -0.05) is 6.07 Å². The van der Waals surface area contributed by atoms with Crippen molar-refractivity contribution in [2.75, 3.05) is 19.0 Å². The van der Waals surface area contributed by atoms with Crippen LogP contribution in [0.25, 0.3) is 0 Å².